The fraction of sp³-hybridized carbons (Fsp3) is 0.222. The summed E-state index contributed by atoms with van der Waals surface area (Å²) in [7, 11) is 1.55. The molecule has 0 aliphatic rings. The summed E-state index contributed by atoms with van der Waals surface area (Å²) in [4.78, 5) is 24.2. The summed E-state index contributed by atoms with van der Waals surface area (Å²) < 4.78 is 23.7. The zero-order valence-electron chi connectivity index (χ0n) is 13.7. The van der Waals surface area contributed by atoms with Crippen molar-refractivity contribution in [3.8, 4) is 5.75 Å². The minimum absolute atomic E-state index is 0.144. The lowest BCUT2D eigenvalue weighted by Gasteiger charge is -2.15. The highest BCUT2D eigenvalue weighted by Gasteiger charge is 2.20. The molecule has 0 fully saturated rings. The van der Waals surface area contributed by atoms with Crippen molar-refractivity contribution in [2.75, 3.05) is 7.11 Å². The average Bonchev–Trinajstić information content (AvgIpc) is 2.59. The number of carbonyl (C=O) groups is 2. The van der Waals surface area contributed by atoms with Crippen LogP contribution >= 0.6 is 15.9 Å². The van der Waals surface area contributed by atoms with E-state index in [0.717, 1.165) is 17.7 Å². The van der Waals surface area contributed by atoms with E-state index < -0.39 is 23.8 Å². The second-order valence-corrected chi connectivity index (χ2v) is 6.06. The van der Waals surface area contributed by atoms with Crippen LogP contribution in [0.15, 0.2) is 46.9 Å². The summed E-state index contributed by atoms with van der Waals surface area (Å²) in [5.41, 5.74) is 0.948. The van der Waals surface area contributed by atoms with E-state index in [1.54, 1.807) is 13.2 Å². The van der Waals surface area contributed by atoms with E-state index in [0.29, 0.717) is 5.75 Å². The normalized spacial score (nSPS) is 11.5. The minimum Gasteiger partial charge on any atom is -0.496 e. The van der Waals surface area contributed by atoms with Gasteiger partial charge in [-0.05, 0) is 47.1 Å². The molecule has 2 aromatic rings. The Morgan fingerprint density at radius 2 is 1.96 bits per heavy atom. The van der Waals surface area contributed by atoms with E-state index in [1.807, 2.05) is 18.2 Å². The third kappa shape index (κ3) is 5.03. The van der Waals surface area contributed by atoms with Crippen molar-refractivity contribution in [3.05, 3.63) is 63.9 Å². The van der Waals surface area contributed by atoms with Crippen molar-refractivity contribution < 1.29 is 23.5 Å². The van der Waals surface area contributed by atoms with Gasteiger partial charge in [-0.1, -0.05) is 18.2 Å². The minimum atomic E-state index is -1.00. The molecule has 0 saturated heterocycles. The van der Waals surface area contributed by atoms with Crippen LogP contribution in [0.25, 0.3) is 0 Å². The number of hydrogen-bond donors (Lipinski definition) is 1. The van der Waals surface area contributed by atoms with Gasteiger partial charge in [0.25, 0.3) is 5.91 Å². The van der Waals surface area contributed by atoms with E-state index in [-0.39, 0.29) is 16.6 Å². The summed E-state index contributed by atoms with van der Waals surface area (Å²) in [6.07, 6.45) is -1.00. The molecule has 1 atom stereocenters. The molecule has 0 aromatic heterocycles. The predicted octanol–water partition coefficient (Wildman–Crippen LogP) is 3.46. The van der Waals surface area contributed by atoms with Gasteiger partial charge in [-0.3, -0.25) is 4.79 Å². The third-order valence-electron chi connectivity index (χ3n) is 3.45. The Hall–Kier alpha value is -2.41. The lowest BCUT2D eigenvalue weighted by Crippen LogP contribution is -2.35. The molecule has 0 aliphatic carbocycles. The molecule has 25 heavy (non-hydrogen) atoms. The monoisotopic (exact) mass is 409 g/mol. The van der Waals surface area contributed by atoms with Crippen LogP contribution in [0.1, 0.15) is 22.8 Å². The van der Waals surface area contributed by atoms with Crippen molar-refractivity contribution in [2.45, 2.75) is 19.6 Å². The van der Waals surface area contributed by atoms with Crippen LogP contribution in [0.2, 0.25) is 0 Å². The number of nitrogens with one attached hydrogen (secondary N) is 1. The number of esters is 1. The first kappa shape index (κ1) is 18.9. The van der Waals surface area contributed by atoms with E-state index in [1.165, 1.54) is 13.0 Å². The number of benzene rings is 2. The molecule has 0 heterocycles. The zero-order chi connectivity index (χ0) is 18.4. The number of ether oxygens (including phenoxy) is 2. The lowest BCUT2D eigenvalue weighted by atomic mass is 10.2. The molecule has 0 saturated carbocycles. The zero-order valence-corrected chi connectivity index (χ0v) is 15.3. The number of methoxy groups -OCH3 is 1. The molecule has 0 bridgehead atoms. The summed E-state index contributed by atoms with van der Waals surface area (Å²) in [5, 5.41) is 2.69. The third-order valence-corrected chi connectivity index (χ3v) is 4.11. The van der Waals surface area contributed by atoms with Gasteiger partial charge in [0.05, 0.1) is 12.7 Å². The molecule has 7 heteroatoms. The van der Waals surface area contributed by atoms with E-state index in [9.17, 15) is 14.0 Å². The number of rotatable bonds is 6. The second kappa shape index (κ2) is 8.62. The van der Waals surface area contributed by atoms with E-state index in [4.69, 9.17) is 9.47 Å². The standard InChI is InChI=1S/C18H17BrFNO4/c1-11(25-18(23)14-8-7-13(20)9-15(14)19)17(22)21-10-12-5-3-4-6-16(12)24-2/h3-9,11H,10H2,1-2H3,(H,21,22)/t11-/m1/s1. The molecule has 0 radical (unpaired) electrons. The van der Waals surface area contributed by atoms with Crippen LogP contribution in [0, 0.1) is 5.82 Å². The number of carbonyl (C=O) groups excluding carboxylic acids is 2. The fourth-order valence-electron chi connectivity index (χ4n) is 2.11. The van der Waals surface area contributed by atoms with Crippen molar-refractivity contribution >= 4 is 27.8 Å². The summed E-state index contributed by atoms with van der Waals surface area (Å²) >= 11 is 3.10. The van der Waals surface area contributed by atoms with Crippen molar-refractivity contribution in [3.63, 3.8) is 0 Å². The van der Waals surface area contributed by atoms with Crippen LogP contribution in [0.3, 0.4) is 0 Å². The second-order valence-electron chi connectivity index (χ2n) is 5.20. The fourth-order valence-corrected chi connectivity index (χ4v) is 2.62. The molecule has 2 rings (SSSR count). The first-order valence-electron chi connectivity index (χ1n) is 7.48. The molecular weight excluding hydrogens is 393 g/mol. The van der Waals surface area contributed by atoms with Gasteiger partial charge in [-0.25, -0.2) is 9.18 Å². The first-order valence-corrected chi connectivity index (χ1v) is 8.27. The van der Waals surface area contributed by atoms with Gasteiger partial charge in [0.1, 0.15) is 11.6 Å². The predicted molar refractivity (Wildman–Crippen MR) is 93.8 cm³/mol. The topological polar surface area (TPSA) is 64.6 Å². The largest absolute Gasteiger partial charge is 0.496 e. The van der Waals surface area contributed by atoms with Crippen LogP contribution in [0.5, 0.6) is 5.75 Å². The Morgan fingerprint density at radius 1 is 1.24 bits per heavy atom. The molecule has 0 spiro atoms. The maximum atomic E-state index is 13.1. The first-order chi connectivity index (χ1) is 11.9. The highest BCUT2D eigenvalue weighted by atomic mass is 79.9. The van der Waals surface area contributed by atoms with Gasteiger partial charge in [-0.15, -0.1) is 0 Å². The smallest absolute Gasteiger partial charge is 0.340 e. The van der Waals surface area contributed by atoms with E-state index in [2.05, 4.69) is 21.2 Å². The van der Waals surface area contributed by atoms with Crippen LogP contribution in [-0.4, -0.2) is 25.1 Å². The van der Waals surface area contributed by atoms with Crippen LogP contribution in [-0.2, 0) is 16.1 Å². The molecule has 5 nitrogen and oxygen atoms in total. The Morgan fingerprint density at radius 3 is 2.64 bits per heavy atom. The van der Waals surface area contributed by atoms with Crippen LogP contribution < -0.4 is 10.1 Å². The van der Waals surface area contributed by atoms with Crippen molar-refractivity contribution in [1.29, 1.82) is 0 Å². The molecule has 132 valence electrons. The Labute approximate surface area is 153 Å². The van der Waals surface area contributed by atoms with Crippen molar-refractivity contribution in [2.24, 2.45) is 0 Å². The van der Waals surface area contributed by atoms with Crippen molar-refractivity contribution in [1.82, 2.24) is 5.32 Å². The van der Waals surface area contributed by atoms with E-state index >= 15 is 0 Å². The Balaban J connectivity index is 1.94. The molecule has 2 aromatic carbocycles. The lowest BCUT2D eigenvalue weighted by molar-refractivity contribution is -0.129. The van der Waals surface area contributed by atoms with Gasteiger partial charge in [-0.2, -0.15) is 0 Å². The Kier molecular flexibility index (Phi) is 6.52. The van der Waals surface area contributed by atoms with Gasteiger partial charge in [0, 0.05) is 16.6 Å². The summed E-state index contributed by atoms with van der Waals surface area (Å²) in [6.45, 7) is 1.71. The molecular formula is C18H17BrFNO4. The maximum absolute atomic E-state index is 13.1. The number of amides is 1. The average molecular weight is 410 g/mol. The van der Waals surface area contributed by atoms with Gasteiger partial charge in [0.2, 0.25) is 0 Å². The van der Waals surface area contributed by atoms with Gasteiger partial charge in [0.15, 0.2) is 6.10 Å². The Bertz CT molecular complexity index is 781. The molecule has 1 N–H and O–H groups in total. The van der Waals surface area contributed by atoms with Gasteiger partial charge >= 0.3 is 5.97 Å². The van der Waals surface area contributed by atoms with Gasteiger partial charge < -0.3 is 14.8 Å². The highest BCUT2D eigenvalue weighted by molar-refractivity contribution is 9.10. The van der Waals surface area contributed by atoms with Crippen LogP contribution in [0.4, 0.5) is 4.39 Å². The molecule has 1 amide bonds. The number of halogens is 2. The molecule has 0 unspecified atom stereocenters. The maximum Gasteiger partial charge on any atom is 0.340 e. The number of para-hydroxylation sites is 1. The summed E-state index contributed by atoms with van der Waals surface area (Å²) in [6, 6.07) is 10.9. The SMILES string of the molecule is COc1ccccc1CNC(=O)[C@@H](C)OC(=O)c1ccc(F)cc1Br. The number of hydrogen-bond acceptors (Lipinski definition) is 4. The summed E-state index contributed by atoms with van der Waals surface area (Å²) in [5.74, 6) is -0.988. The molecule has 0 aliphatic heterocycles. The quantitative estimate of drug-likeness (QED) is 0.741. The highest BCUT2D eigenvalue weighted by Crippen LogP contribution is 2.20.